The maximum Gasteiger partial charge on any atom is 0.433 e. The van der Waals surface area contributed by atoms with Gasteiger partial charge < -0.3 is 5.32 Å². The highest BCUT2D eigenvalue weighted by atomic mass is 19.4. The summed E-state index contributed by atoms with van der Waals surface area (Å²) in [5.41, 5.74) is -0.389. The van der Waals surface area contributed by atoms with Gasteiger partial charge in [-0.15, -0.1) is 0 Å². The molecule has 1 unspecified atom stereocenters. The quantitative estimate of drug-likeness (QED) is 0.841. The van der Waals surface area contributed by atoms with Gasteiger partial charge in [0.15, 0.2) is 0 Å². The molecule has 0 aromatic carbocycles. The molecule has 2 heterocycles. The zero-order valence-electron chi connectivity index (χ0n) is 8.59. The molecule has 1 aromatic heterocycles. The number of hydrogen-bond acceptors (Lipinski definition) is 3. The predicted molar refractivity (Wildman–Crippen MR) is 51.7 cm³/mol. The lowest BCUT2D eigenvalue weighted by molar-refractivity contribution is -0.141. The summed E-state index contributed by atoms with van der Waals surface area (Å²) in [7, 11) is 0. The molecule has 2 rings (SSSR count). The molecule has 1 aliphatic rings. The molecule has 1 atom stereocenters. The van der Waals surface area contributed by atoms with Gasteiger partial charge >= 0.3 is 6.18 Å². The normalized spacial score (nSPS) is 21.3. The van der Waals surface area contributed by atoms with Crippen LogP contribution < -0.4 is 5.32 Å². The van der Waals surface area contributed by atoms with E-state index in [9.17, 15) is 13.2 Å². The van der Waals surface area contributed by atoms with Gasteiger partial charge in [0.2, 0.25) is 0 Å². The van der Waals surface area contributed by atoms with Crippen molar-refractivity contribution in [1.82, 2.24) is 15.3 Å². The average molecular weight is 231 g/mol. The van der Waals surface area contributed by atoms with E-state index in [0.29, 0.717) is 18.0 Å². The van der Waals surface area contributed by atoms with E-state index < -0.39 is 11.9 Å². The number of alkyl halides is 3. The minimum absolute atomic E-state index is 0.385. The van der Waals surface area contributed by atoms with E-state index in [1.54, 1.807) is 0 Å². The van der Waals surface area contributed by atoms with E-state index in [2.05, 4.69) is 15.3 Å². The molecule has 0 radical (unpaired) electrons. The largest absolute Gasteiger partial charge is 0.433 e. The molecule has 1 aliphatic heterocycles. The second-order valence-corrected chi connectivity index (χ2v) is 3.96. The molecule has 16 heavy (non-hydrogen) atoms. The van der Waals surface area contributed by atoms with Crippen molar-refractivity contribution in [3.63, 3.8) is 0 Å². The van der Waals surface area contributed by atoms with Crippen LogP contribution in [0.25, 0.3) is 0 Å². The van der Waals surface area contributed by atoms with Gasteiger partial charge in [-0.1, -0.05) is 0 Å². The first-order chi connectivity index (χ1) is 7.55. The predicted octanol–water partition coefficient (Wildman–Crippen LogP) is 1.65. The average Bonchev–Trinajstić information content (AvgIpc) is 2.70. The molecule has 0 amide bonds. The monoisotopic (exact) mass is 231 g/mol. The number of aromatic nitrogens is 2. The van der Waals surface area contributed by atoms with E-state index in [4.69, 9.17) is 0 Å². The third-order valence-corrected chi connectivity index (χ3v) is 2.67. The maximum absolute atomic E-state index is 12.4. The van der Waals surface area contributed by atoms with Crippen molar-refractivity contribution in [2.24, 2.45) is 5.92 Å². The first-order valence-corrected chi connectivity index (χ1v) is 5.14. The first kappa shape index (κ1) is 11.3. The Labute approximate surface area is 91.1 Å². The third kappa shape index (κ3) is 2.69. The highest BCUT2D eigenvalue weighted by Crippen LogP contribution is 2.27. The molecule has 1 fully saturated rings. The number of halogens is 3. The van der Waals surface area contributed by atoms with Crippen molar-refractivity contribution in [1.29, 1.82) is 0 Å². The number of nitrogens with one attached hydrogen (secondary N) is 1. The Balaban J connectivity index is 2.09. The molecule has 6 heteroatoms. The van der Waals surface area contributed by atoms with Crippen LogP contribution in [-0.2, 0) is 12.6 Å². The Morgan fingerprint density at radius 1 is 1.38 bits per heavy atom. The van der Waals surface area contributed by atoms with Gasteiger partial charge in [-0.05, 0) is 37.9 Å². The van der Waals surface area contributed by atoms with Gasteiger partial charge in [-0.2, -0.15) is 13.2 Å². The summed E-state index contributed by atoms with van der Waals surface area (Å²) in [6, 6.07) is 1.04. The summed E-state index contributed by atoms with van der Waals surface area (Å²) in [6.07, 6.45) is -1.82. The summed E-state index contributed by atoms with van der Waals surface area (Å²) < 4.78 is 37.1. The zero-order valence-corrected chi connectivity index (χ0v) is 8.59. The van der Waals surface area contributed by atoms with Gasteiger partial charge in [0.05, 0.1) is 0 Å². The highest BCUT2D eigenvalue weighted by molar-refractivity contribution is 5.12. The lowest BCUT2D eigenvalue weighted by atomic mass is 10.0. The Kier molecular flexibility index (Phi) is 3.09. The van der Waals surface area contributed by atoms with Crippen LogP contribution in [0, 0.1) is 5.92 Å². The number of nitrogens with zero attached hydrogens (tertiary/aromatic N) is 2. The molecule has 0 bridgehead atoms. The van der Waals surface area contributed by atoms with Crippen molar-refractivity contribution in [3.05, 3.63) is 23.8 Å². The van der Waals surface area contributed by atoms with Crippen LogP contribution in [0.3, 0.4) is 0 Å². The summed E-state index contributed by atoms with van der Waals surface area (Å²) in [5.74, 6) is 0.385. The molecule has 0 saturated carbocycles. The topological polar surface area (TPSA) is 37.8 Å². The lowest BCUT2D eigenvalue weighted by Crippen LogP contribution is -2.13. The number of hydrogen-bond donors (Lipinski definition) is 1. The second kappa shape index (κ2) is 4.37. The number of rotatable bonds is 2. The van der Waals surface area contributed by atoms with E-state index in [1.807, 2.05) is 0 Å². The molecule has 3 nitrogen and oxygen atoms in total. The fourth-order valence-electron chi connectivity index (χ4n) is 1.85. The fourth-order valence-corrected chi connectivity index (χ4v) is 1.85. The summed E-state index contributed by atoms with van der Waals surface area (Å²) in [4.78, 5) is 7.11. The van der Waals surface area contributed by atoms with Crippen molar-refractivity contribution in [2.45, 2.75) is 19.0 Å². The van der Waals surface area contributed by atoms with Gasteiger partial charge in [-0.25, -0.2) is 9.97 Å². The SMILES string of the molecule is FC(F)(F)c1cc(CC2CCNC2)ncn1. The van der Waals surface area contributed by atoms with Gasteiger partial charge in [0.1, 0.15) is 12.0 Å². The first-order valence-electron chi connectivity index (χ1n) is 5.14. The Morgan fingerprint density at radius 3 is 2.81 bits per heavy atom. The van der Waals surface area contributed by atoms with Crippen LogP contribution in [0.5, 0.6) is 0 Å². The van der Waals surface area contributed by atoms with Crippen molar-refractivity contribution < 1.29 is 13.2 Å². The van der Waals surface area contributed by atoms with Crippen LogP contribution in [0.15, 0.2) is 12.4 Å². The Hall–Kier alpha value is -1.17. The van der Waals surface area contributed by atoms with Crippen molar-refractivity contribution in [2.75, 3.05) is 13.1 Å². The smallest absolute Gasteiger partial charge is 0.316 e. The minimum atomic E-state index is -4.38. The highest BCUT2D eigenvalue weighted by Gasteiger charge is 2.32. The molecule has 1 saturated heterocycles. The minimum Gasteiger partial charge on any atom is -0.316 e. The Bertz CT molecular complexity index is 359. The molecular weight excluding hydrogens is 219 g/mol. The molecule has 0 aliphatic carbocycles. The van der Waals surface area contributed by atoms with Gasteiger partial charge in [0.25, 0.3) is 0 Å². The third-order valence-electron chi connectivity index (χ3n) is 2.67. The molecule has 1 aromatic rings. The second-order valence-electron chi connectivity index (χ2n) is 3.96. The van der Waals surface area contributed by atoms with Crippen molar-refractivity contribution in [3.8, 4) is 0 Å². The maximum atomic E-state index is 12.4. The molecule has 1 N–H and O–H groups in total. The van der Waals surface area contributed by atoms with Crippen LogP contribution in [-0.4, -0.2) is 23.1 Å². The molecule has 0 spiro atoms. The summed E-state index contributed by atoms with van der Waals surface area (Å²) >= 11 is 0. The molecule has 88 valence electrons. The summed E-state index contributed by atoms with van der Waals surface area (Å²) in [6.45, 7) is 1.78. The fraction of sp³-hybridized carbons (Fsp3) is 0.600. The van der Waals surface area contributed by atoms with E-state index in [1.165, 1.54) is 0 Å². The Morgan fingerprint density at radius 2 is 2.19 bits per heavy atom. The van der Waals surface area contributed by atoms with Crippen LogP contribution in [0.2, 0.25) is 0 Å². The van der Waals surface area contributed by atoms with E-state index >= 15 is 0 Å². The molecular formula is C10H12F3N3. The van der Waals surface area contributed by atoms with E-state index in [0.717, 1.165) is 31.9 Å². The van der Waals surface area contributed by atoms with Crippen LogP contribution >= 0.6 is 0 Å². The standard InChI is InChI=1S/C10H12F3N3/c11-10(12,13)9-4-8(15-6-16-9)3-7-1-2-14-5-7/h4,6-7,14H,1-3,5H2. The van der Waals surface area contributed by atoms with Crippen LogP contribution in [0.1, 0.15) is 17.8 Å². The van der Waals surface area contributed by atoms with E-state index in [-0.39, 0.29) is 0 Å². The van der Waals surface area contributed by atoms with Gasteiger partial charge in [-0.3, -0.25) is 0 Å². The zero-order chi connectivity index (χ0) is 11.6. The van der Waals surface area contributed by atoms with Gasteiger partial charge in [0, 0.05) is 5.69 Å². The lowest BCUT2D eigenvalue weighted by Gasteiger charge is -2.09. The van der Waals surface area contributed by atoms with Crippen molar-refractivity contribution >= 4 is 0 Å². The summed E-state index contributed by atoms with van der Waals surface area (Å²) in [5, 5.41) is 3.17. The van der Waals surface area contributed by atoms with Crippen LogP contribution in [0.4, 0.5) is 13.2 Å².